The highest BCUT2D eigenvalue weighted by atomic mass is 16.6. The van der Waals surface area contributed by atoms with E-state index in [1.165, 1.54) is 0 Å². The number of esters is 1. The Morgan fingerprint density at radius 2 is 1.77 bits per heavy atom. The van der Waals surface area contributed by atoms with Crippen molar-refractivity contribution in [3.63, 3.8) is 0 Å². The van der Waals surface area contributed by atoms with Crippen LogP contribution in [0.2, 0.25) is 0 Å². The van der Waals surface area contributed by atoms with E-state index in [1.807, 2.05) is 84.6 Å². The summed E-state index contributed by atoms with van der Waals surface area (Å²) < 4.78 is 11.7. The molecule has 0 N–H and O–H groups in total. The fourth-order valence-corrected chi connectivity index (χ4v) is 5.14. The molecule has 0 radical (unpaired) electrons. The third kappa shape index (κ3) is 2.88. The molecule has 1 spiro atoms. The number of carbonyl (C=O) groups excluding carboxylic acids is 2. The van der Waals surface area contributed by atoms with Crippen LogP contribution in [-0.2, 0) is 19.1 Å². The van der Waals surface area contributed by atoms with Crippen LogP contribution >= 0.6 is 0 Å². The van der Waals surface area contributed by atoms with Gasteiger partial charge in [0.1, 0.15) is 11.5 Å². The van der Waals surface area contributed by atoms with Gasteiger partial charge in [0, 0.05) is 0 Å². The van der Waals surface area contributed by atoms with Gasteiger partial charge in [-0.15, -0.1) is 0 Å². The molecule has 2 saturated heterocycles. The Balaban J connectivity index is 1.52. The fourth-order valence-electron chi connectivity index (χ4n) is 5.14. The van der Waals surface area contributed by atoms with Gasteiger partial charge in [-0.3, -0.25) is 9.59 Å². The standard InChI is InChI=1S/C25H25NO4/c1-2-15-29-24(28)20-19-13-14-25(30-19)16-26(23(27)21(20)25)22(17-9-5-3-6-10-17)18-11-7-4-8-12-18/h3-14,19-22H,2,15-16H2,1H3/t19-,20?,21+,25-/m1/s1. The van der Waals surface area contributed by atoms with E-state index in [0.717, 1.165) is 17.5 Å². The first-order valence-corrected chi connectivity index (χ1v) is 10.6. The summed E-state index contributed by atoms with van der Waals surface area (Å²) >= 11 is 0. The highest BCUT2D eigenvalue weighted by Gasteiger charge is 2.68. The maximum atomic E-state index is 13.8. The van der Waals surface area contributed by atoms with E-state index in [4.69, 9.17) is 9.47 Å². The van der Waals surface area contributed by atoms with Gasteiger partial charge in [0.25, 0.3) is 0 Å². The number of likely N-dealkylation sites (tertiary alicyclic amines) is 1. The molecule has 154 valence electrons. The summed E-state index contributed by atoms with van der Waals surface area (Å²) in [5.41, 5.74) is 1.33. The van der Waals surface area contributed by atoms with Crippen molar-refractivity contribution in [2.75, 3.05) is 13.2 Å². The van der Waals surface area contributed by atoms with Gasteiger partial charge in [-0.2, -0.15) is 0 Å². The summed E-state index contributed by atoms with van der Waals surface area (Å²) in [6.45, 7) is 2.74. The van der Waals surface area contributed by atoms with E-state index in [9.17, 15) is 9.59 Å². The molecule has 1 amide bonds. The molecule has 2 aromatic carbocycles. The molecular formula is C25H25NO4. The zero-order chi connectivity index (χ0) is 20.7. The first kappa shape index (κ1) is 19.1. The Morgan fingerprint density at radius 3 is 2.37 bits per heavy atom. The lowest BCUT2D eigenvalue weighted by molar-refractivity contribution is -0.154. The second-order valence-corrected chi connectivity index (χ2v) is 8.26. The molecule has 2 fully saturated rings. The minimum Gasteiger partial charge on any atom is -0.465 e. The second-order valence-electron chi connectivity index (χ2n) is 8.26. The Bertz CT molecular complexity index is 934. The molecule has 5 rings (SSSR count). The smallest absolute Gasteiger partial charge is 0.312 e. The zero-order valence-electron chi connectivity index (χ0n) is 16.9. The van der Waals surface area contributed by atoms with Crippen molar-refractivity contribution >= 4 is 11.9 Å². The van der Waals surface area contributed by atoms with Crippen LogP contribution < -0.4 is 0 Å². The SMILES string of the molecule is CCCOC(=O)C1[C@H]2C(=O)N(C(c3ccccc3)c3ccccc3)C[C@]23C=C[C@H]1O3. The van der Waals surface area contributed by atoms with Gasteiger partial charge in [0.2, 0.25) is 5.91 Å². The first-order valence-electron chi connectivity index (χ1n) is 10.6. The molecule has 2 aromatic rings. The van der Waals surface area contributed by atoms with Crippen LogP contribution in [0.4, 0.5) is 0 Å². The first-order chi connectivity index (χ1) is 14.6. The van der Waals surface area contributed by atoms with Gasteiger partial charge in [-0.25, -0.2) is 0 Å². The van der Waals surface area contributed by atoms with E-state index in [-0.39, 0.29) is 24.0 Å². The summed E-state index contributed by atoms with van der Waals surface area (Å²) in [6.07, 6.45) is 4.28. The zero-order valence-corrected chi connectivity index (χ0v) is 16.9. The fraction of sp³-hybridized carbons (Fsp3) is 0.360. The molecule has 30 heavy (non-hydrogen) atoms. The van der Waals surface area contributed by atoms with Gasteiger partial charge >= 0.3 is 5.97 Å². The average Bonchev–Trinajstić information content (AvgIpc) is 3.42. The van der Waals surface area contributed by atoms with E-state index in [1.54, 1.807) is 0 Å². The summed E-state index contributed by atoms with van der Waals surface area (Å²) in [5.74, 6) is -1.49. The van der Waals surface area contributed by atoms with Crippen LogP contribution in [0.15, 0.2) is 72.8 Å². The van der Waals surface area contributed by atoms with Gasteiger partial charge in [-0.05, 0) is 17.5 Å². The summed E-state index contributed by atoms with van der Waals surface area (Å²) in [5, 5.41) is 0. The molecule has 4 atom stereocenters. The topological polar surface area (TPSA) is 55.8 Å². The molecule has 3 aliphatic rings. The van der Waals surface area contributed by atoms with Crippen molar-refractivity contribution in [1.29, 1.82) is 0 Å². The van der Waals surface area contributed by atoms with E-state index in [2.05, 4.69) is 0 Å². The average molecular weight is 403 g/mol. The van der Waals surface area contributed by atoms with Crippen LogP contribution in [0.5, 0.6) is 0 Å². The van der Waals surface area contributed by atoms with Crippen molar-refractivity contribution < 1.29 is 19.1 Å². The van der Waals surface area contributed by atoms with Crippen LogP contribution in [0.1, 0.15) is 30.5 Å². The summed E-state index contributed by atoms with van der Waals surface area (Å²) in [4.78, 5) is 28.4. The number of ether oxygens (including phenoxy) is 2. The van der Waals surface area contributed by atoms with Crippen LogP contribution in [0.25, 0.3) is 0 Å². The number of carbonyl (C=O) groups is 2. The molecule has 0 saturated carbocycles. The molecule has 3 heterocycles. The predicted octanol–water partition coefficient (Wildman–Crippen LogP) is 3.51. The van der Waals surface area contributed by atoms with E-state index >= 15 is 0 Å². The summed E-state index contributed by atoms with van der Waals surface area (Å²) in [6, 6.07) is 19.8. The van der Waals surface area contributed by atoms with Crippen LogP contribution in [0, 0.1) is 11.8 Å². The molecule has 1 unspecified atom stereocenters. The third-order valence-electron chi connectivity index (χ3n) is 6.39. The van der Waals surface area contributed by atoms with Gasteiger partial charge in [-0.1, -0.05) is 79.7 Å². The third-order valence-corrected chi connectivity index (χ3v) is 6.39. The van der Waals surface area contributed by atoms with E-state index in [0.29, 0.717) is 13.2 Å². The quantitative estimate of drug-likeness (QED) is 0.547. The van der Waals surface area contributed by atoms with Crippen molar-refractivity contribution in [2.24, 2.45) is 11.8 Å². The Labute approximate surface area is 176 Å². The minimum absolute atomic E-state index is 0.0435. The van der Waals surface area contributed by atoms with Gasteiger partial charge < -0.3 is 14.4 Å². The number of fused-ring (bicyclic) bond motifs is 1. The van der Waals surface area contributed by atoms with Crippen LogP contribution in [-0.4, -0.2) is 41.6 Å². The van der Waals surface area contributed by atoms with Crippen molar-refractivity contribution in [3.05, 3.63) is 83.9 Å². The summed E-state index contributed by atoms with van der Waals surface area (Å²) in [7, 11) is 0. The molecule has 3 aliphatic heterocycles. The normalized spacial score (nSPS) is 28.9. The van der Waals surface area contributed by atoms with Gasteiger partial charge in [0.05, 0.1) is 31.2 Å². The van der Waals surface area contributed by atoms with Crippen molar-refractivity contribution in [3.8, 4) is 0 Å². The molecule has 0 aromatic heterocycles. The highest BCUT2D eigenvalue weighted by molar-refractivity contribution is 5.91. The second kappa shape index (κ2) is 7.40. The Hall–Kier alpha value is -2.92. The number of benzene rings is 2. The lowest BCUT2D eigenvalue weighted by atomic mass is 9.77. The van der Waals surface area contributed by atoms with E-state index < -0.39 is 17.4 Å². The molecule has 5 nitrogen and oxygen atoms in total. The molecular weight excluding hydrogens is 378 g/mol. The predicted molar refractivity (Wildman–Crippen MR) is 111 cm³/mol. The molecule has 0 aliphatic carbocycles. The molecule has 2 bridgehead atoms. The van der Waals surface area contributed by atoms with Gasteiger partial charge in [0.15, 0.2) is 0 Å². The highest BCUT2D eigenvalue weighted by Crippen LogP contribution is 2.54. The monoisotopic (exact) mass is 403 g/mol. The van der Waals surface area contributed by atoms with Crippen molar-refractivity contribution in [1.82, 2.24) is 4.90 Å². The number of hydrogen-bond acceptors (Lipinski definition) is 4. The number of nitrogens with zero attached hydrogens (tertiary/aromatic N) is 1. The maximum absolute atomic E-state index is 13.8. The van der Waals surface area contributed by atoms with Crippen LogP contribution in [0.3, 0.4) is 0 Å². The molecule has 5 heteroatoms. The lowest BCUT2D eigenvalue weighted by Crippen LogP contribution is -2.40. The Morgan fingerprint density at radius 1 is 1.13 bits per heavy atom. The van der Waals surface area contributed by atoms with Crippen molar-refractivity contribution in [2.45, 2.75) is 31.1 Å². The Kier molecular flexibility index (Phi) is 4.70. The number of amides is 1. The number of hydrogen-bond donors (Lipinski definition) is 0. The lowest BCUT2D eigenvalue weighted by Gasteiger charge is -2.31. The largest absolute Gasteiger partial charge is 0.465 e. The minimum atomic E-state index is -0.751. The number of rotatable bonds is 6. The maximum Gasteiger partial charge on any atom is 0.312 e.